The van der Waals surface area contributed by atoms with Gasteiger partial charge >= 0.3 is 16.2 Å². The van der Waals surface area contributed by atoms with Crippen molar-refractivity contribution in [2.45, 2.75) is 4.90 Å². The van der Waals surface area contributed by atoms with Crippen LogP contribution in [0.25, 0.3) is 10.9 Å². The molecule has 2 aromatic rings. The maximum Gasteiger partial charge on any atom is 0.354 e. The van der Waals surface area contributed by atoms with Crippen LogP contribution in [0.3, 0.4) is 0 Å². The molecule has 3 nitrogen and oxygen atoms in total. The number of aromatic nitrogens is 1. The zero-order valence-electron chi connectivity index (χ0n) is 8.99. The molecule has 2 rings (SSSR count). The predicted molar refractivity (Wildman–Crippen MR) is 60.1 cm³/mol. The highest BCUT2D eigenvalue weighted by molar-refractivity contribution is 8.45. The van der Waals surface area contributed by atoms with E-state index in [4.69, 9.17) is 5.11 Å². The van der Waals surface area contributed by atoms with Gasteiger partial charge in [0, 0.05) is 5.39 Å². The highest BCUT2D eigenvalue weighted by atomic mass is 32.5. The van der Waals surface area contributed by atoms with E-state index in [1.54, 1.807) is 0 Å². The van der Waals surface area contributed by atoms with Gasteiger partial charge in [-0.15, -0.1) is 0 Å². The molecule has 0 fully saturated rings. The molecule has 0 atom stereocenters. The molecular weight excluding hydrogens is 293 g/mol. The minimum absolute atomic E-state index is 0.106. The zero-order valence-corrected chi connectivity index (χ0v) is 9.80. The Morgan fingerprint density at radius 1 is 1.05 bits per heavy atom. The van der Waals surface area contributed by atoms with Gasteiger partial charge in [0.1, 0.15) is 10.6 Å². The molecule has 0 aliphatic carbocycles. The van der Waals surface area contributed by atoms with Crippen molar-refractivity contribution in [2.24, 2.45) is 0 Å². The number of hydrogen-bond acceptors (Lipinski definition) is 2. The Bertz CT molecular complexity index is 698. The number of carboxylic acids is 1. The van der Waals surface area contributed by atoms with Crippen molar-refractivity contribution in [1.82, 2.24) is 4.98 Å². The van der Waals surface area contributed by atoms with E-state index in [2.05, 4.69) is 4.98 Å². The fourth-order valence-electron chi connectivity index (χ4n) is 1.46. The first kappa shape index (κ1) is 13.5. The number of halogens is 5. The number of hydrogen-bond donors (Lipinski definition) is 1. The van der Waals surface area contributed by atoms with Gasteiger partial charge in [0.2, 0.25) is 0 Å². The van der Waals surface area contributed by atoms with Crippen LogP contribution < -0.4 is 0 Å². The van der Waals surface area contributed by atoms with E-state index in [9.17, 15) is 24.2 Å². The summed E-state index contributed by atoms with van der Waals surface area (Å²) in [4.78, 5) is 12.1. The third-order valence-corrected chi connectivity index (χ3v) is 3.47. The average molecular weight is 299 g/mol. The molecule has 0 aliphatic rings. The topological polar surface area (TPSA) is 50.2 Å². The zero-order chi connectivity index (χ0) is 14.5. The van der Waals surface area contributed by atoms with Crippen molar-refractivity contribution in [3.63, 3.8) is 0 Å². The average Bonchev–Trinajstić information content (AvgIpc) is 2.24. The highest BCUT2D eigenvalue weighted by Crippen LogP contribution is 3.02. The smallest absolute Gasteiger partial charge is 0.354 e. The molecule has 1 N–H and O–H groups in total. The van der Waals surface area contributed by atoms with Crippen LogP contribution in [0.15, 0.2) is 35.2 Å². The summed E-state index contributed by atoms with van der Waals surface area (Å²) in [6.45, 7) is 0. The first-order valence-corrected chi connectivity index (χ1v) is 6.70. The molecule has 0 radical (unpaired) electrons. The van der Waals surface area contributed by atoms with Crippen LogP contribution >= 0.6 is 10.2 Å². The van der Waals surface area contributed by atoms with Crippen LogP contribution in [0.4, 0.5) is 19.4 Å². The minimum atomic E-state index is -9.74. The molecule has 0 unspecified atom stereocenters. The van der Waals surface area contributed by atoms with Crippen LogP contribution in [-0.4, -0.2) is 16.1 Å². The van der Waals surface area contributed by atoms with E-state index in [1.807, 2.05) is 0 Å². The van der Waals surface area contributed by atoms with Gasteiger partial charge < -0.3 is 5.11 Å². The fourth-order valence-corrected chi connectivity index (χ4v) is 2.14. The number of rotatable bonds is 2. The third-order valence-electron chi connectivity index (χ3n) is 2.33. The number of carbonyl (C=O) groups is 1. The second-order valence-corrected chi connectivity index (χ2v) is 6.23. The normalized spacial score (nSPS) is 15.8. The Balaban J connectivity index is 2.68. The quantitative estimate of drug-likeness (QED) is 0.825. The van der Waals surface area contributed by atoms with E-state index in [1.165, 1.54) is 0 Å². The Labute approximate surface area is 103 Å². The summed E-state index contributed by atoms with van der Waals surface area (Å²) in [6, 6.07) is 3.12. The van der Waals surface area contributed by atoms with Gasteiger partial charge in [-0.25, -0.2) is 9.78 Å². The Morgan fingerprint density at radius 2 is 1.68 bits per heavy atom. The maximum atomic E-state index is 12.6. The van der Waals surface area contributed by atoms with Crippen LogP contribution in [-0.2, 0) is 0 Å². The standard InChI is InChI=1S/C10H6F5NO2S/c11-19(12,13,14,15)7-2-4-8-6(5-7)1-3-9(16-8)10(17)18/h1-5H,(H,17,18). The molecular formula is C10H6F5NO2S. The predicted octanol–water partition coefficient (Wildman–Crippen LogP) is 4.59. The van der Waals surface area contributed by atoms with E-state index < -0.39 is 21.1 Å². The fraction of sp³-hybridized carbons (Fsp3) is 0. The van der Waals surface area contributed by atoms with E-state index in [-0.39, 0.29) is 28.7 Å². The van der Waals surface area contributed by atoms with Gasteiger partial charge in [-0.05, 0) is 24.3 Å². The van der Waals surface area contributed by atoms with E-state index in [0.29, 0.717) is 0 Å². The van der Waals surface area contributed by atoms with Crippen molar-refractivity contribution in [3.8, 4) is 0 Å². The molecule has 19 heavy (non-hydrogen) atoms. The van der Waals surface area contributed by atoms with Crippen molar-refractivity contribution < 1.29 is 29.3 Å². The van der Waals surface area contributed by atoms with Gasteiger partial charge in [0.05, 0.1) is 5.52 Å². The van der Waals surface area contributed by atoms with Crippen molar-refractivity contribution >= 4 is 27.1 Å². The number of carboxylic acid groups (broad SMARTS) is 1. The van der Waals surface area contributed by atoms with E-state index >= 15 is 0 Å². The summed E-state index contributed by atoms with van der Waals surface area (Å²) in [7, 11) is -9.74. The number of aromatic carboxylic acids is 1. The van der Waals surface area contributed by atoms with Crippen molar-refractivity contribution in [1.29, 1.82) is 0 Å². The van der Waals surface area contributed by atoms with Gasteiger partial charge in [-0.1, -0.05) is 25.5 Å². The molecule has 1 heterocycles. The monoisotopic (exact) mass is 299 g/mol. The summed E-state index contributed by atoms with van der Waals surface area (Å²) in [5.74, 6) is -1.36. The SMILES string of the molecule is O=C(O)c1ccc2cc(S(F)(F)(F)(F)F)ccc2n1. The Hall–Kier alpha value is -1.90. The maximum absolute atomic E-state index is 12.6. The molecule has 104 valence electrons. The Morgan fingerprint density at radius 3 is 2.21 bits per heavy atom. The Kier molecular flexibility index (Phi) is 2.25. The van der Waals surface area contributed by atoms with Crippen LogP contribution in [0.1, 0.15) is 10.5 Å². The van der Waals surface area contributed by atoms with Gasteiger partial charge in [0.25, 0.3) is 0 Å². The number of pyridine rings is 1. The van der Waals surface area contributed by atoms with Gasteiger partial charge in [-0.3, -0.25) is 0 Å². The largest absolute Gasteiger partial charge is 0.477 e. The first-order chi connectivity index (χ1) is 8.36. The molecule has 0 saturated carbocycles. The molecule has 9 heteroatoms. The molecule has 0 aliphatic heterocycles. The van der Waals surface area contributed by atoms with Crippen LogP contribution in [0.5, 0.6) is 0 Å². The third kappa shape index (κ3) is 2.75. The van der Waals surface area contributed by atoms with Crippen LogP contribution in [0.2, 0.25) is 0 Å². The van der Waals surface area contributed by atoms with Crippen LogP contribution in [0, 0.1) is 0 Å². The summed E-state index contributed by atoms with van der Waals surface area (Å²) in [5, 5.41) is 8.44. The summed E-state index contributed by atoms with van der Waals surface area (Å²) in [5.41, 5.74) is -0.488. The molecule has 1 aromatic carbocycles. The lowest BCUT2D eigenvalue weighted by molar-refractivity contribution is 0.0691. The molecule has 0 spiro atoms. The molecule has 0 saturated heterocycles. The molecule has 0 bridgehead atoms. The molecule has 1 aromatic heterocycles. The number of fused-ring (bicyclic) bond motifs is 1. The lowest BCUT2D eigenvalue weighted by Crippen LogP contribution is -2.06. The summed E-state index contributed by atoms with van der Waals surface area (Å²) < 4.78 is 62.8. The summed E-state index contributed by atoms with van der Waals surface area (Å²) >= 11 is 0. The number of benzene rings is 1. The first-order valence-electron chi connectivity index (χ1n) is 4.75. The summed E-state index contributed by atoms with van der Waals surface area (Å²) in [6.07, 6.45) is 0. The lowest BCUT2D eigenvalue weighted by Gasteiger charge is -2.40. The minimum Gasteiger partial charge on any atom is -0.477 e. The van der Waals surface area contributed by atoms with Crippen molar-refractivity contribution in [3.05, 3.63) is 36.0 Å². The molecule has 0 amide bonds. The van der Waals surface area contributed by atoms with Gasteiger partial charge in [0.15, 0.2) is 0 Å². The van der Waals surface area contributed by atoms with Crippen molar-refractivity contribution in [2.75, 3.05) is 0 Å². The second kappa shape index (κ2) is 3.16. The second-order valence-electron chi connectivity index (χ2n) is 3.83. The van der Waals surface area contributed by atoms with E-state index in [0.717, 1.165) is 18.2 Å². The van der Waals surface area contributed by atoms with Gasteiger partial charge in [-0.2, -0.15) is 0 Å². The lowest BCUT2D eigenvalue weighted by atomic mass is 10.2. The number of nitrogens with zero attached hydrogens (tertiary/aromatic N) is 1. The highest BCUT2D eigenvalue weighted by Gasteiger charge is 2.65.